The van der Waals surface area contributed by atoms with Gasteiger partial charge in [-0.15, -0.1) is 0 Å². The zero-order valence-electron chi connectivity index (χ0n) is 11.1. The summed E-state index contributed by atoms with van der Waals surface area (Å²) in [5.41, 5.74) is 6.75. The van der Waals surface area contributed by atoms with Gasteiger partial charge in [0.05, 0.1) is 11.8 Å². The highest BCUT2D eigenvalue weighted by atomic mass is 19.1. The zero-order chi connectivity index (χ0) is 14.5. The van der Waals surface area contributed by atoms with Gasteiger partial charge >= 0.3 is 0 Å². The van der Waals surface area contributed by atoms with Gasteiger partial charge in [0.1, 0.15) is 11.6 Å². The number of nitrogens with two attached hydrogens (primary N) is 1. The Morgan fingerprint density at radius 2 is 2.10 bits per heavy atom. The van der Waals surface area contributed by atoms with Crippen molar-refractivity contribution < 1.29 is 9.18 Å². The Bertz CT molecular complexity index is 601. The van der Waals surface area contributed by atoms with Crippen LogP contribution in [0.1, 0.15) is 28.8 Å². The van der Waals surface area contributed by atoms with Crippen molar-refractivity contribution in [3.63, 3.8) is 0 Å². The molecule has 1 unspecified atom stereocenters. The molecule has 0 bridgehead atoms. The Kier molecular flexibility index (Phi) is 4.30. The van der Waals surface area contributed by atoms with Gasteiger partial charge in [0.15, 0.2) is 0 Å². The summed E-state index contributed by atoms with van der Waals surface area (Å²) in [6, 6.07) is 10.9. The van der Waals surface area contributed by atoms with Gasteiger partial charge in [-0.3, -0.25) is 4.79 Å². The minimum absolute atomic E-state index is 0.0243. The average molecular weight is 273 g/mol. The number of nitrogens with zero attached hydrogens (tertiary/aromatic N) is 1. The van der Waals surface area contributed by atoms with E-state index in [4.69, 9.17) is 5.73 Å². The van der Waals surface area contributed by atoms with Crippen molar-refractivity contribution in [2.45, 2.75) is 12.8 Å². The van der Waals surface area contributed by atoms with E-state index in [9.17, 15) is 9.18 Å². The van der Waals surface area contributed by atoms with E-state index in [1.807, 2.05) is 37.3 Å². The molecule has 2 rings (SSSR count). The van der Waals surface area contributed by atoms with Gasteiger partial charge in [-0.1, -0.05) is 37.3 Å². The van der Waals surface area contributed by atoms with Crippen LogP contribution >= 0.6 is 0 Å². The third-order valence-electron chi connectivity index (χ3n) is 3.07. The number of hydrogen-bond donors (Lipinski definition) is 2. The fraction of sp³-hybridized carbons (Fsp3) is 0.200. The Labute approximate surface area is 116 Å². The molecule has 1 atom stereocenters. The van der Waals surface area contributed by atoms with Crippen LogP contribution in [-0.4, -0.2) is 17.4 Å². The first-order valence-electron chi connectivity index (χ1n) is 6.32. The molecule has 0 aliphatic carbocycles. The lowest BCUT2D eigenvalue weighted by Crippen LogP contribution is -2.28. The number of nitrogens with one attached hydrogen (secondary N) is 1. The Hall–Kier alpha value is -2.43. The van der Waals surface area contributed by atoms with Gasteiger partial charge in [-0.25, -0.2) is 9.37 Å². The quantitative estimate of drug-likeness (QED) is 0.898. The molecule has 1 aromatic heterocycles. The number of pyridine rings is 1. The van der Waals surface area contributed by atoms with E-state index >= 15 is 0 Å². The molecule has 2 aromatic rings. The van der Waals surface area contributed by atoms with Crippen molar-refractivity contribution in [2.75, 3.05) is 12.3 Å². The van der Waals surface area contributed by atoms with Crippen molar-refractivity contribution in [1.82, 2.24) is 10.3 Å². The molecular weight excluding hydrogens is 257 g/mol. The van der Waals surface area contributed by atoms with Gasteiger partial charge in [0, 0.05) is 6.54 Å². The predicted octanol–water partition coefficient (Wildman–Crippen LogP) is 2.34. The van der Waals surface area contributed by atoms with Gasteiger partial charge in [0.2, 0.25) is 0 Å². The molecule has 0 aliphatic rings. The molecule has 20 heavy (non-hydrogen) atoms. The third-order valence-corrected chi connectivity index (χ3v) is 3.07. The summed E-state index contributed by atoms with van der Waals surface area (Å²) in [4.78, 5) is 15.6. The van der Waals surface area contributed by atoms with Crippen LogP contribution in [0.3, 0.4) is 0 Å². The molecule has 0 saturated carbocycles. The zero-order valence-corrected chi connectivity index (χ0v) is 11.1. The number of nitrogen functional groups attached to an aromatic ring is 1. The van der Waals surface area contributed by atoms with Crippen LogP contribution in [0.5, 0.6) is 0 Å². The summed E-state index contributed by atoms with van der Waals surface area (Å²) in [7, 11) is 0. The third kappa shape index (κ3) is 3.32. The summed E-state index contributed by atoms with van der Waals surface area (Å²) in [5.74, 6) is -0.822. The monoisotopic (exact) mass is 273 g/mol. The van der Waals surface area contributed by atoms with E-state index < -0.39 is 11.7 Å². The van der Waals surface area contributed by atoms with E-state index in [1.54, 1.807) is 0 Å². The molecule has 104 valence electrons. The molecule has 3 N–H and O–H groups in total. The van der Waals surface area contributed by atoms with Gasteiger partial charge in [-0.05, 0) is 17.5 Å². The SMILES string of the molecule is CC(CNC(=O)c1cc(F)cnc1N)c1ccccc1. The second-order valence-corrected chi connectivity index (χ2v) is 4.61. The molecule has 0 saturated heterocycles. The fourth-order valence-electron chi connectivity index (χ4n) is 1.87. The van der Waals surface area contributed by atoms with Crippen molar-refractivity contribution in [1.29, 1.82) is 0 Å². The van der Waals surface area contributed by atoms with Gasteiger partial charge < -0.3 is 11.1 Å². The highest BCUT2D eigenvalue weighted by Gasteiger charge is 2.13. The van der Waals surface area contributed by atoms with Crippen molar-refractivity contribution in [3.05, 3.63) is 59.5 Å². The summed E-state index contributed by atoms with van der Waals surface area (Å²) in [6.45, 7) is 2.45. The van der Waals surface area contributed by atoms with Crippen LogP contribution in [0, 0.1) is 5.82 Å². The number of benzene rings is 1. The number of halogens is 1. The van der Waals surface area contributed by atoms with E-state index in [2.05, 4.69) is 10.3 Å². The fourth-order valence-corrected chi connectivity index (χ4v) is 1.87. The largest absolute Gasteiger partial charge is 0.383 e. The normalized spacial score (nSPS) is 11.9. The molecule has 0 aliphatic heterocycles. The van der Waals surface area contributed by atoms with E-state index in [1.165, 1.54) is 0 Å². The highest BCUT2D eigenvalue weighted by Crippen LogP contribution is 2.14. The molecule has 4 nitrogen and oxygen atoms in total. The van der Waals surface area contributed by atoms with Crippen LogP contribution in [0.15, 0.2) is 42.6 Å². The first kappa shape index (κ1) is 14.0. The van der Waals surface area contributed by atoms with E-state index in [0.29, 0.717) is 6.54 Å². The number of carbonyl (C=O) groups is 1. The van der Waals surface area contributed by atoms with Gasteiger partial charge in [0.25, 0.3) is 5.91 Å². The van der Waals surface area contributed by atoms with Crippen LogP contribution in [0.4, 0.5) is 10.2 Å². The first-order chi connectivity index (χ1) is 9.58. The van der Waals surface area contributed by atoms with Crippen molar-refractivity contribution >= 4 is 11.7 Å². The number of anilines is 1. The maximum absolute atomic E-state index is 13.1. The maximum Gasteiger partial charge on any atom is 0.255 e. The van der Waals surface area contributed by atoms with E-state index in [-0.39, 0.29) is 17.3 Å². The molecule has 0 radical (unpaired) electrons. The lowest BCUT2D eigenvalue weighted by Gasteiger charge is -2.13. The van der Waals surface area contributed by atoms with Gasteiger partial charge in [-0.2, -0.15) is 0 Å². The Balaban J connectivity index is 2.00. The summed E-state index contributed by atoms with van der Waals surface area (Å²) in [6.07, 6.45) is 0.985. The molecule has 1 amide bonds. The molecular formula is C15H16FN3O. The molecule has 0 spiro atoms. The predicted molar refractivity (Wildman–Crippen MR) is 75.8 cm³/mol. The molecule has 1 aromatic carbocycles. The lowest BCUT2D eigenvalue weighted by atomic mass is 10.0. The minimum Gasteiger partial charge on any atom is -0.383 e. The average Bonchev–Trinajstić information content (AvgIpc) is 2.47. The van der Waals surface area contributed by atoms with Crippen LogP contribution in [-0.2, 0) is 0 Å². The number of aromatic nitrogens is 1. The Morgan fingerprint density at radius 1 is 1.40 bits per heavy atom. The summed E-state index contributed by atoms with van der Waals surface area (Å²) in [5, 5.41) is 2.74. The summed E-state index contributed by atoms with van der Waals surface area (Å²) >= 11 is 0. The standard InChI is InChI=1S/C15H16FN3O/c1-10(11-5-3-2-4-6-11)8-19-15(20)13-7-12(16)9-18-14(13)17/h2-7,9-10H,8H2,1H3,(H2,17,18)(H,19,20). The number of rotatable bonds is 4. The minimum atomic E-state index is -0.583. The van der Waals surface area contributed by atoms with Crippen molar-refractivity contribution in [2.24, 2.45) is 0 Å². The van der Waals surface area contributed by atoms with Crippen LogP contribution < -0.4 is 11.1 Å². The molecule has 5 heteroatoms. The smallest absolute Gasteiger partial charge is 0.255 e. The second-order valence-electron chi connectivity index (χ2n) is 4.61. The number of carbonyl (C=O) groups excluding carboxylic acids is 1. The number of hydrogen-bond acceptors (Lipinski definition) is 3. The van der Waals surface area contributed by atoms with Crippen LogP contribution in [0.25, 0.3) is 0 Å². The first-order valence-corrected chi connectivity index (χ1v) is 6.32. The van der Waals surface area contributed by atoms with E-state index in [0.717, 1.165) is 17.8 Å². The topological polar surface area (TPSA) is 68.0 Å². The maximum atomic E-state index is 13.1. The molecule has 1 heterocycles. The highest BCUT2D eigenvalue weighted by molar-refractivity contribution is 5.98. The second kappa shape index (κ2) is 6.14. The van der Waals surface area contributed by atoms with Crippen molar-refractivity contribution in [3.8, 4) is 0 Å². The molecule has 0 fully saturated rings. The van der Waals surface area contributed by atoms with Crippen LogP contribution in [0.2, 0.25) is 0 Å². The lowest BCUT2D eigenvalue weighted by molar-refractivity contribution is 0.0952. The Morgan fingerprint density at radius 3 is 2.80 bits per heavy atom. The number of amides is 1. The summed E-state index contributed by atoms with van der Waals surface area (Å²) < 4.78 is 13.1.